The highest BCUT2D eigenvalue weighted by Crippen LogP contribution is 2.35. The molecule has 2 aromatic carbocycles. The van der Waals surface area contributed by atoms with Crippen molar-refractivity contribution in [1.29, 1.82) is 0 Å². The lowest BCUT2D eigenvalue weighted by Crippen LogP contribution is -2.59. The van der Waals surface area contributed by atoms with Crippen molar-refractivity contribution >= 4 is 34.2 Å². The van der Waals surface area contributed by atoms with Crippen molar-refractivity contribution in [3.05, 3.63) is 54.1 Å². The Kier molecular flexibility index (Phi) is 14.5. The van der Waals surface area contributed by atoms with Crippen molar-refractivity contribution in [3.8, 4) is 11.5 Å². The SMILES string of the molecule is CC(C)CN(C[C@@H](O)[C@H](Cc1ccccc1)NC(=O)[C@@H](NC(=O)CNCCO)C(C)(C)C)S(=O)(=O)c1ccc2c(c1)OCO2.Cl. The van der Waals surface area contributed by atoms with E-state index < -0.39 is 45.4 Å². The second kappa shape index (κ2) is 17.1. The van der Waals surface area contributed by atoms with Crippen molar-refractivity contribution in [2.24, 2.45) is 11.3 Å². The van der Waals surface area contributed by atoms with Gasteiger partial charge in [0.15, 0.2) is 11.5 Å². The Morgan fingerprint density at radius 2 is 1.67 bits per heavy atom. The van der Waals surface area contributed by atoms with Crippen LogP contribution in [0, 0.1) is 11.3 Å². The van der Waals surface area contributed by atoms with Crippen LogP contribution in [0.5, 0.6) is 11.5 Å². The second-order valence-corrected chi connectivity index (χ2v) is 14.3. The first kappa shape index (κ1) is 38.2. The quantitative estimate of drug-likeness (QED) is 0.167. The van der Waals surface area contributed by atoms with Crippen LogP contribution in [0.15, 0.2) is 53.4 Å². The van der Waals surface area contributed by atoms with Crippen molar-refractivity contribution < 1.29 is 37.7 Å². The molecule has 0 unspecified atom stereocenters. The van der Waals surface area contributed by atoms with E-state index in [2.05, 4.69) is 16.0 Å². The summed E-state index contributed by atoms with van der Waals surface area (Å²) < 4.78 is 39.6. The van der Waals surface area contributed by atoms with Crippen LogP contribution in [0.4, 0.5) is 0 Å². The number of hydrogen-bond acceptors (Lipinski definition) is 9. The molecule has 0 aliphatic carbocycles. The number of nitrogens with one attached hydrogen (secondary N) is 3. The average molecular weight is 671 g/mol. The molecule has 12 nitrogen and oxygen atoms in total. The molecule has 1 aliphatic heterocycles. The smallest absolute Gasteiger partial charge is 0.243 e. The van der Waals surface area contributed by atoms with Crippen molar-refractivity contribution in [2.75, 3.05) is 39.6 Å². The van der Waals surface area contributed by atoms with E-state index in [4.69, 9.17) is 14.6 Å². The number of hydrogen-bond donors (Lipinski definition) is 5. The second-order valence-electron chi connectivity index (χ2n) is 12.4. The largest absolute Gasteiger partial charge is 0.454 e. The predicted octanol–water partition coefficient (Wildman–Crippen LogP) is 1.69. The molecule has 0 radical (unpaired) electrons. The summed E-state index contributed by atoms with van der Waals surface area (Å²) in [5, 5.41) is 29.0. The van der Waals surface area contributed by atoms with E-state index in [1.54, 1.807) is 0 Å². The van der Waals surface area contributed by atoms with Gasteiger partial charge in [0, 0.05) is 25.7 Å². The van der Waals surface area contributed by atoms with Crippen molar-refractivity contribution in [3.63, 3.8) is 0 Å². The molecule has 1 heterocycles. The topological polar surface area (TPSA) is 167 Å². The Hall–Kier alpha value is -2.94. The number of aliphatic hydroxyl groups is 2. The standard InChI is InChI=1S/C31H46N4O8S.ClH/c1-21(2)18-35(44(40,41)23-11-12-26-27(16-23)43-20-42-26)19-25(37)24(15-22-9-7-6-8-10-22)33-30(39)29(31(3,4)5)34-28(38)17-32-13-14-36;/h6-12,16,21,24-25,29,32,36-37H,13-15,17-20H2,1-5H3,(H,33,39)(H,34,38);1H/t24-,25+,29+;/m0./s1. The highest BCUT2D eigenvalue weighted by Gasteiger charge is 2.37. The molecule has 2 aromatic rings. The Morgan fingerprint density at radius 3 is 2.29 bits per heavy atom. The van der Waals surface area contributed by atoms with E-state index in [0.717, 1.165) is 5.56 Å². The van der Waals surface area contributed by atoms with Crippen molar-refractivity contribution in [1.82, 2.24) is 20.3 Å². The van der Waals surface area contributed by atoms with E-state index >= 15 is 0 Å². The number of rotatable bonds is 16. The van der Waals surface area contributed by atoms with E-state index in [1.807, 2.05) is 65.0 Å². The molecular weight excluding hydrogens is 624 g/mol. The first-order valence-electron chi connectivity index (χ1n) is 14.8. The van der Waals surface area contributed by atoms with Gasteiger partial charge in [-0.3, -0.25) is 9.59 Å². The minimum Gasteiger partial charge on any atom is -0.454 e. The van der Waals surface area contributed by atoms with Gasteiger partial charge < -0.3 is 35.6 Å². The van der Waals surface area contributed by atoms with Gasteiger partial charge in [-0.25, -0.2) is 8.42 Å². The van der Waals surface area contributed by atoms with Crippen LogP contribution in [-0.4, -0.2) is 92.5 Å². The van der Waals surface area contributed by atoms with Gasteiger partial charge in [0.05, 0.1) is 30.2 Å². The number of fused-ring (bicyclic) bond motifs is 1. The number of benzene rings is 2. The summed E-state index contributed by atoms with van der Waals surface area (Å²) in [4.78, 5) is 26.3. The van der Waals surface area contributed by atoms with Crippen LogP contribution < -0.4 is 25.4 Å². The van der Waals surface area contributed by atoms with Gasteiger partial charge in [-0.1, -0.05) is 65.0 Å². The molecular formula is C31H47ClN4O8S. The molecule has 0 saturated carbocycles. The fourth-order valence-electron chi connectivity index (χ4n) is 4.79. The summed E-state index contributed by atoms with van der Waals surface area (Å²) >= 11 is 0. The fraction of sp³-hybridized carbons (Fsp3) is 0.548. The predicted molar refractivity (Wildman–Crippen MR) is 173 cm³/mol. The average Bonchev–Trinajstić information content (AvgIpc) is 3.43. The van der Waals surface area contributed by atoms with Gasteiger partial charge in [0.1, 0.15) is 6.04 Å². The Bertz CT molecular complexity index is 1360. The normalized spacial score (nSPS) is 14.9. The Balaban J connectivity index is 0.00000705. The summed E-state index contributed by atoms with van der Waals surface area (Å²) in [7, 11) is -4.07. The summed E-state index contributed by atoms with van der Waals surface area (Å²) in [5.74, 6) is -0.219. The fourth-order valence-corrected chi connectivity index (χ4v) is 6.42. The maximum absolute atomic E-state index is 13.8. The first-order chi connectivity index (χ1) is 20.7. The zero-order valence-corrected chi connectivity index (χ0v) is 28.1. The van der Waals surface area contributed by atoms with Crippen LogP contribution in [0.3, 0.4) is 0 Å². The molecule has 0 saturated heterocycles. The Morgan fingerprint density at radius 1 is 1.00 bits per heavy atom. The molecule has 0 spiro atoms. The van der Waals surface area contributed by atoms with E-state index in [9.17, 15) is 23.1 Å². The zero-order valence-electron chi connectivity index (χ0n) is 26.5. The molecule has 0 aromatic heterocycles. The lowest BCUT2D eigenvalue weighted by Gasteiger charge is -2.34. The minimum atomic E-state index is -4.07. The number of carbonyl (C=O) groups excluding carboxylic acids is 2. The molecule has 1 aliphatic rings. The number of sulfonamides is 1. The molecule has 14 heteroatoms. The lowest BCUT2D eigenvalue weighted by atomic mass is 9.85. The zero-order chi connectivity index (χ0) is 32.5. The summed E-state index contributed by atoms with van der Waals surface area (Å²) in [5.41, 5.74) is 0.140. The van der Waals surface area contributed by atoms with E-state index in [-0.39, 0.29) is 69.2 Å². The highest BCUT2D eigenvalue weighted by atomic mass is 35.5. The molecule has 3 rings (SSSR count). The van der Waals surface area contributed by atoms with Crippen LogP contribution in [-0.2, 0) is 26.0 Å². The van der Waals surface area contributed by atoms with E-state index in [0.29, 0.717) is 11.5 Å². The molecule has 2 amide bonds. The van der Waals surface area contributed by atoms with Crippen molar-refractivity contribution in [2.45, 2.75) is 64.1 Å². The van der Waals surface area contributed by atoms with Gasteiger partial charge >= 0.3 is 0 Å². The number of halogens is 1. The molecule has 252 valence electrons. The molecule has 0 bridgehead atoms. The summed E-state index contributed by atoms with van der Waals surface area (Å²) in [6.45, 7) is 9.04. The third-order valence-corrected chi connectivity index (χ3v) is 8.87. The Labute approximate surface area is 272 Å². The minimum absolute atomic E-state index is 0. The van der Waals surface area contributed by atoms with Gasteiger partial charge in [0.2, 0.25) is 28.6 Å². The first-order valence-corrected chi connectivity index (χ1v) is 16.2. The maximum atomic E-state index is 13.8. The van der Waals surface area contributed by atoms with Gasteiger partial charge in [-0.05, 0) is 35.4 Å². The highest BCUT2D eigenvalue weighted by molar-refractivity contribution is 7.89. The third-order valence-electron chi connectivity index (χ3n) is 7.04. The van der Waals surface area contributed by atoms with Crippen LogP contribution in [0.2, 0.25) is 0 Å². The van der Waals surface area contributed by atoms with Crippen LogP contribution >= 0.6 is 12.4 Å². The number of ether oxygens (including phenoxy) is 2. The molecule has 3 atom stereocenters. The van der Waals surface area contributed by atoms with Gasteiger partial charge in [-0.2, -0.15) is 4.31 Å². The number of nitrogens with zero attached hydrogens (tertiary/aromatic N) is 1. The summed E-state index contributed by atoms with van der Waals surface area (Å²) in [6.07, 6.45) is -1.08. The van der Waals surface area contributed by atoms with Crippen LogP contribution in [0.25, 0.3) is 0 Å². The molecule has 5 N–H and O–H groups in total. The van der Waals surface area contributed by atoms with E-state index in [1.165, 1.54) is 22.5 Å². The van der Waals surface area contributed by atoms with Gasteiger partial charge in [0.25, 0.3) is 0 Å². The number of carbonyl (C=O) groups is 2. The van der Waals surface area contributed by atoms with Crippen LogP contribution in [0.1, 0.15) is 40.2 Å². The van der Waals surface area contributed by atoms with Gasteiger partial charge in [-0.15, -0.1) is 12.4 Å². The maximum Gasteiger partial charge on any atom is 0.243 e. The monoisotopic (exact) mass is 670 g/mol. The summed E-state index contributed by atoms with van der Waals surface area (Å²) in [6, 6.07) is 11.8. The molecule has 0 fully saturated rings. The third kappa shape index (κ3) is 11.1. The number of aliphatic hydroxyl groups excluding tert-OH is 2. The molecule has 45 heavy (non-hydrogen) atoms. The number of amides is 2. The lowest BCUT2D eigenvalue weighted by molar-refractivity contribution is -0.132.